The summed E-state index contributed by atoms with van der Waals surface area (Å²) in [5.74, 6) is -0.176. The summed E-state index contributed by atoms with van der Waals surface area (Å²) in [6.07, 6.45) is 1.80. The van der Waals surface area contributed by atoms with Gasteiger partial charge in [0.05, 0.1) is 7.11 Å². The molecule has 0 amide bonds. The summed E-state index contributed by atoms with van der Waals surface area (Å²) < 4.78 is 6.47. The normalized spacial score (nSPS) is 10.2. The molecule has 1 aromatic carbocycles. The maximum absolute atomic E-state index is 11.7. The van der Waals surface area contributed by atoms with Crippen LogP contribution in [0.15, 0.2) is 36.5 Å². The Morgan fingerprint density at radius 2 is 1.88 bits per heavy atom. The van der Waals surface area contributed by atoms with Gasteiger partial charge in [0.25, 0.3) is 0 Å². The van der Waals surface area contributed by atoms with Gasteiger partial charge in [-0.2, -0.15) is 0 Å². The first-order valence-corrected chi connectivity index (χ1v) is 5.16. The number of phenols is 1. The number of phenolic OH excluding ortho intramolecular Hbond substituents is 1. The number of ether oxygens (including phenoxy) is 1. The Morgan fingerprint density at radius 1 is 1.24 bits per heavy atom. The molecule has 0 spiro atoms. The van der Waals surface area contributed by atoms with Gasteiger partial charge in [-0.25, -0.2) is 4.79 Å². The van der Waals surface area contributed by atoms with Crippen LogP contribution in [0.2, 0.25) is 0 Å². The molecular formula is C13H13NO3. The molecule has 0 aliphatic rings. The van der Waals surface area contributed by atoms with Crippen LogP contribution in [0.1, 0.15) is 10.5 Å². The van der Waals surface area contributed by atoms with Crippen molar-refractivity contribution in [2.24, 2.45) is 7.05 Å². The fraction of sp³-hybridized carbons (Fsp3) is 0.154. The number of aromatic nitrogens is 1. The van der Waals surface area contributed by atoms with Gasteiger partial charge in [-0.15, -0.1) is 0 Å². The summed E-state index contributed by atoms with van der Waals surface area (Å²) in [6.45, 7) is 0. The van der Waals surface area contributed by atoms with Gasteiger partial charge >= 0.3 is 5.97 Å². The second-order valence-corrected chi connectivity index (χ2v) is 3.73. The van der Waals surface area contributed by atoms with E-state index in [1.807, 2.05) is 6.07 Å². The summed E-state index contributed by atoms with van der Waals surface area (Å²) in [6, 6.07) is 8.54. The van der Waals surface area contributed by atoms with Crippen molar-refractivity contribution in [1.29, 1.82) is 0 Å². The minimum atomic E-state index is -0.374. The first-order valence-electron chi connectivity index (χ1n) is 5.16. The average Bonchev–Trinajstić information content (AvgIpc) is 2.71. The molecule has 1 N–H and O–H groups in total. The summed E-state index contributed by atoms with van der Waals surface area (Å²) >= 11 is 0. The molecule has 0 aliphatic carbocycles. The van der Waals surface area contributed by atoms with Crippen molar-refractivity contribution in [3.63, 3.8) is 0 Å². The number of carbonyl (C=O) groups excluding carboxylic acids is 1. The van der Waals surface area contributed by atoms with Crippen molar-refractivity contribution in [3.05, 3.63) is 42.2 Å². The van der Waals surface area contributed by atoms with Crippen LogP contribution < -0.4 is 0 Å². The van der Waals surface area contributed by atoms with E-state index in [0.717, 1.165) is 11.1 Å². The van der Waals surface area contributed by atoms with E-state index >= 15 is 0 Å². The van der Waals surface area contributed by atoms with Crippen LogP contribution >= 0.6 is 0 Å². The number of rotatable bonds is 2. The fourth-order valence-corrected chi connectivity index (χ4v) is 1.75. The van der Waals surface area contributed by atoms with Crippen molar-refractivity contribution < 1.29 is 14.6 Å². The molecule has 1 aromatic heterocycles. The van der Waals surface area contributed by atoms with Crippen LogP contribution in [0.3, 0.4) is 0 Å². The van der Waals surface area contributed by atoms with E-state index < -0.39 is 0 Å². The number of hydrogen-bond donors (Lipinski definition) is 1. The van der Waals surface area contributed by atoms with E-state index in [2.05, 4.69) is 0 Å². The molecule has 2 rings (SSSR count). The second-order valence-electron chi connectivity index (χ2n) is 3.73. The van der Waals surface area contributed by atoms with E-state index in [1.54, 1.807) is 42.1 Å². The monoisotopic (exact) mass is 231 g/mol. The SMILES string of the molecule is COC(=O)c1c(-c2ccc(O)cc2)ccn1C. The van der Waals surface area contributed by atoms with Gasteiger partial charge in [0, 0.05) is 18.8 Å². The van der Waals surface area contributed by atoms with Crippen LogP contribution in [0.4, 0.5) is 0 Å². The molecule has 1 heterocycles. The van der Waals surface area contributed by atoms with E-state index in [9.17, 15) is 9.90 Å². The van der Waals surface area contributed by atoms with Gasteiger partial charge in [0.15, 0.2) is 0 Å². The molecule has 0 aliphatic heterocycles. The lowest BCUT2D eigenvalue weighted by molar-refractivity contribution is 0.0591. The molecule has 0 radical (unpaired) electrons. The fourth-order valence-electron chi connectivity index (χ4n) is 1.75. The van der Waals surface area contributed by atoms with Gasteiger partial charge < -0.3 is 14.4 Å². The number of benzene rings is 1. The average molecular weight is 231 g/mol. The maximum Gasteiger partial charge on any atom is 0.355 e. The highest BCUT2D eigenvalue weighted by molar-refractivity contribution is 5.95. The largest absolute Gasteiger partial charge is 0.508 e. The summed E-state index contributed by atoms with van der Waals surface area (Å²) in [5, 5.41) is 9.24. The number of methoxy groups -OCH3 is 1. The standard InChI is InChI=1S/C13H13NO3/c1-14-8-7-11(12(14)13(16)17-2)9-3-5-10(15)6-4-9/h3-8,15H,1-2H3. The zero-order chi connectivity index (χ0) is 12.4. The Bertz CT molecular complexity index is 540. The van der Waals surface area contributed by atoms with Gasteiger partial charge in [0.2, 0.25) is 0 Å². The maximum atomic E-state index is 11.7. The van der Waals surface area contributed by atoms with E-state index in [1.165, 1.54) is 7.11 Å². The Labute approximate surface area is 99.1 Å². The molecule has 0 saturated heterocycles. The smallest absolute Gasteiger partial charge is 0.355 e. The lowest BCUT2D eigenvalue weighted by atomic mass is 10.1. The van der Waals surface area contributed by atoms with Crippen molar-refractivity contribution in [3.8, 4) is 16.9 Å². The molecule has 0 atom stereocenters. The highest BCUT2D eigenvalue weighted by Gasteiger charge is 2.16. The topological polar surface area (TPSA) is 51.5 Å². The predicted octanol–water partition coefficient (Wildman–Crippen LogP) is 2.18. The summed E-state index contributed by atoms with van der Waals surface area (Å²) in [4.78, 5) is 11.7. The first kappa shape index (κ1) is 11.3. The van der Waals surface area contributed by atoms with Gasteiger partial charge in [-0.1, -0.05) is 12.1 Å². The van der Waals surface area contributed by atoms with Gasteiger partial charge in [0.1, 0.15) is 11.4 Å². The van der Waals surface area contributed by atoms with Gasteiger partial charge in [-0.3, -0.25) is 0 Å². The zero-order valence-corrected chi connectivity index (χ0v) is 9.68. The molecule has 4 nitrogen and oxygen atoms in total. The Hall–Kier alpha value is -2.23. The molecule has 2 aromatic rings. The quantitative estimate of drug-likeness (QED) is 0.806. The number of aromatic hydroxyl groups is 1. The Balaban J connectivity index is 2.52. The Kier molecular flexibility index (Phi) is 2.87. The second kappa shape index (κ2) is 4.33. The molecule has 0 saturated carbocycles. The van der Waals surface area contributed by atoms with Crippen LogP contribution in [-0.4, -0.2) is 22.8 Å². The molecule has 88 valence electrons. The molecule has 0 fully saturated rings. The van der Waals surface area contributed by atoms with Crippen LogP contribution in [0.5, 0.6) is 5.75 Å². The Morgan fingerprint density at radius 3 is 2.47 bits per heavy atom. The minimum absolute atomic E-state index is 0.198. The minimum Gasteiger partial charge on any atom is -0.508 e. The number of carbonyl (C=O) groups is 1. The molecule has 0 unspecified atom stereocenters. The lowest BCUT2D eigenvalue weighted by Crippen LogP contribution is -2.08. The predicted molar refractivity (Wildman–Crippen MR) is 63.9 cm³/mol. The molecule has 17 heavy (non-hydrogen) atoms. The van der Waals surface area contributed by atoms with Crippen LogP contribution in [0.25, 0.3) is 11.1 Å². The highest BCUT2D eigenvalue weighted by atomic mass is 16.5. The third-order valence-corrected chi connectivity index (χ3v) is 2.63. The molecule has 4 heteroatoms. The van der Waals surface area contributed by atoms with Crippen LogP contribution in [-0.2, 0) is 11.8 Å². The molecular weight excluding hydrogens is 218 g/mol. The van der Waals surface area contributed by atoms with E-state index in [0.29, 0.717) is 5.69 Å². The summed E-state index contributed by atoms with van der Waals surface area (Å²) in [5.41, 5.74) is 2.15. The van der Waals surface area contributed by atoms with E-state index in [4.69, 9.17) is 4.74 Å². The number of aryl methyl sites for hydroxylation is 1. The summed E-state index contributed by atoms with van der Waals surface area (Å²) in [7, 11) is 3.14. The van der Waals surface area contributed by atoms with Crippen LogP contribution in [0, 0.1) is 0 Å². The van der Waals surface area contributed by atoms with Crippen molar-refractivity contribution in [2.45, 2.75) is 0 Å². The number of esters is 1. The van der Waals surface area contributed by atoms with Gasteiger partial charge in [-0.05, 0) is 23.8 Å². The van der Waals surface area contributed by atoms with Crippen molar-refractivity contribution in [2.75, 3.05) is 7.11 Å². The van der Waals surface area contributed by atoms with E-state index in [-0.39, 0.29) is 11.7 Å². The highest BCUT2D eigenvalue weighted by Crippen LogP contribution is 2.26. The third kappa shape index (κ3) is 2.01. The van der Waals surface area contributed by atoms with Crippen molar-refractivity contribution >= 4 is 5.97 Å². The third-order valence-electron chi connectivity index (χ3n) is 2.63. The first-order chi connectivity index (χ1) is 8.13. The van der Waals surface area contributed by atoms with Crippen molar-refractivity contribution in [1.82, 2.24) is 4.57 Å². The zero-order valence-electron chi connectivity index (χ0n) is 9.68. The molecule has 0 bridgehead atoms. The number of hydrogen-bond acceptors (Lipinski definition) is 3. The lowest BCUT2D eigenvalue weighted by Gasteiger charge is -2.05. The number of nitrogens with zero attached hydrogens (tertiary/aromatic N) is 1.